The number of aromatic carboxylic acids is 1. The third kappa shape index (κ3) is 2.72. The summed E-state index contributed by atoms with van der Waals surface area (Å²) in [6, 6.07) is 11.5. The van der Waals surface area contributed by atoms with E-state index in [0.717, 1.165) is 16.8 Å². The van der Waals surface area contributed by atoms with Crippen molar-refractivity contribution < 1.29 is 9.90 Å². The summed E-state index contributed by atoms with van der Waals surface area (Å²) in [5.74, 6) is -0.931. The maximum Gasteiger partial charge on any atom is 0.337 e. The Morgan fingerprint density at radius 3 is 2.25 bits per heavy atom. The van der Waals surface area contributed by atoms with Gasteiger partial charge in [0.1, 0.15) is 0 Å². The minimum Gasteiger partial charge on any atom is -0.478 e. The Balaban J connectivity index is 2.69. The first kappa shape index (κ1) is 14.3. The molecule has 0 amide bonds. The fourth-order valence-corrected chi connectivity index (χ4v) is 2.25. The third-order valence-corrected chi connectivity index (χ3v) is 3.24. The highest BCUT2D eigenvalue weighted by atomic mass is 16.4. The first-order valence-corrected chi connectivity index (χ1v) is 6.61. The largest absolute Gasteiger partial charge is 0.478 e. The Hall–Kier alpha value is -2.16. The lowest BCUT2D eigenvalue weighted by molar-refractivity contribution is 0.0693. The predicted molar refractivity (Wildman–Crippen MR) is 80.1 cm³/mol. The summed E-state index contributed by atoms with van der Waals surface area (Å²) in [5, 5.41) is 9.45. The number of carboxylic acid groups (broad SMARTS) is 1. The van der Waals surface area contributed by atoms with E-state index in [9.17, 15) is 9.90 Å². The molecule has 0 aliphatic carbocycles. The van der Waals surface area contributed by atoms with Gasteiger partial charge >= 0.3 is 5.97 Å². The van der Waals surface area contributed by atoms with Crippen LogP contribution in [0.15, 0.2) is 36.4 Å². The summed E-state index contributed by atoms with van der Waals surface area (Å²) < 4.78 is 0. The van der Waals surface area contributed by atoms with Crippen LogP contribution in [0, 0.1) is 6.92 Å². The minimum atomic E-state index is -0.931. The summed E-state index contributed by atoms with van der Waals surface area (Å²) in [4.78, 5) is 16.1. The van der Waals surface area contributed by atoms with Gasteiger partial charge in [-0.2, -0.15) is 0 Å². The molecule has 0 spiro atoms. The molecule has 0 atom stereocenters. The minimum absolute atomic E-state index is 0.280. The number of hydrogen-bond acceptors (Lipinski definition) is 2. The highest BCUT2D eigenvalue weighted by molar-refractivity contribution is 5.91. The molecule has 0 aliphatic rings. The van der Waals surface area contributed by atoms with Crippen LogP contribution in [0.2, 0.25) is 0 Å². The maximum atomic E-state index is 11.5. The molecule has 0 saturated carbocycles. The number of pyridine rings is 1. The van der Waals surface area contributed by atoms with Crippen LogP contribution in [0.25, 0.3) is 11.1 Å². The van der Waals surface area contributed by atoms with Gasteiger partial charge in [0, 0.05) is 16.7 Å². The standard InChI is InChI=1S/C17H19NO2/c1-11-13(12-8-6-5-7-9-12)10-14(16(19)20)15(18-11)17(2,3)4/h5-10H,1-4H3,(H,19,20). The number of rotatable bonds is 2. The number of carboxylic acids is 1. The zero-order valence-electron chi connectivity index (χ0n) is 12.3. The van der Waals surface area contributed by atoms with E-state index < -0.39 is 5.97 Å². The number of benzene rings is 1. The Labute approximate surface area is 119 Å². The van der Waals surface area contributed by atoms with Crippen molar-refractivity contribution in [3.05, 3.63) is 53.3 Å². The van der Waals surface area contributed by atoms with Crippen molar-refractivity contribution in [1.82, 2.24) is 4.98 Å². The topological polar surface area (TPSA) is 50.2 Å². The van der Waals surface area contributed by atoms with Crippen molar-refractivity contribution in [3.8, 4) is 11.1 Å². The van der Waals surface area contributed by atoms with Gasteiger partial charge in [0.15, 0.2) is 0 Å². The molecule has 0 aliphatic heterocycles. The van der Waals surface area contributed by atoms with Crippen LogP contribution in [-0.4, -0.2) is 16.1 Å². The molecule has 104 valence electrons. The SMILES string of the molecule is Cc1nc(C(C)(C)C)c(C(=O)O)cc1-c1ccccc1. The van der Waals surface area contributed by atoms with Crippen molar-refractivity contribution in [1.29, 1.82) is 0 Å². The molecule has 2 rings (SSSR count). The van der Waals surface area contributed by atoms with E-state index in [2.05, 4.69) is 4.98 Å². The normalized spacial score (nSPS) is 11.4. The predicted octanol–water partition coefficient (Wildman–Crippen LogP) is 4.05. The molecule has 1 aromatic heterocycles. The zero-order valence-corrected chi connectivity index (χ0v) is 12.3. The van der Waals surface area contributed by atoms with Gasteiger partial charge in [-0.05, 0) is 18.6 Å². The third-order valence-electron chi connectivity index (χ3n) is 3.24. The molecule has 2 aromatic rings. The highest BCUT2D eigenvalue weighted by Gasteiger charge is 2.25. The molecule has 0 saturated heterocycles. The van der Waals surface area contributed by atoms with E-state index in [1.807, 2.05) is 58.0 Å². The lowest BCUT2D eigenvalue weighted by Gasteiger charge is -2.22. The quantitative estimate of drug-likeness (QED) is 0.894. The molecular weight excluding hydrogens is 250 g/mol. The second kappa shape index (κ2) is 5.08. The molecular formula is C17H19NO2. The van der Waals surface area contributed by atoms with Crippen molar-refractivity contribution in [2.24, 2.45) is 0 Å². The smallest absolute Gasteiger partial charge is 0.337 e. The Morgan fingerprint density at radius 2 is 1.75 bits per heavy atom. The summed E-state index contributed by atoms with van der Waals surface area (Å²) in [7, 11) is 0. The molecule has 1 N–H and O–H groups in total. The van der Waals surface area contributed by atoms with Crippen LogP contribution in [0.3, 0.4) is 0 Å². The van der Waals surface area contributed by atoms with E-state index in [-0.39, 0.29) is 11.0 Å². The monoisotopic (exact) mass is 269 g/mol. The van der Waals surface area contributed by atoms with Crippen LogP contribution < -0.4 is 0 Å². The van der Waals surface area contributed by atoms with Crippen molar-refractivity contribution >= 4 is 5.97 Å². The van der Waals surface area contributed by atoms with Gasteiger partial charge in [-0.1, -0.05) is 51.1 Å². The summed E-state index contributed by atoms with van der Waals surface area (Å²) in [6.45, 7) is 7.85. The average Bonchev–Trinajstić information content (AvgIpc) is 2.38. The van der Waals surface area contributed by atoms with Crippen LogP contribution in [0.1, 0.15) is 42.5 Å². The van der Waals surface area contributed by atoms with Gasteiger partial charge in [-0.3, -0.25) is 4.98 Å². The molecule has 0 unspecified atom stereocenters. The van der Waals surface area contributed by atoms with Crippen molar-refractivity contribution in [2.75, 3.05) is 0 Å². The molecule has 0 radical (unpaired) electrons. The molecule has 1 heterocycles. The number of nitrogens with zero attached hydrogens (tertiary/aromatic N) is 1. The van der Waals surface area contributed by atoms with Gasteiger partial charge in [-0.25, -0.2) is 4.79 Å². The molecule has 20 heavy (non-hydrogen) atoms. The van der Waals surface area contributed by atoms with Crippen LogP contribution in [-0.2, 0) is 5.41 Å². The fourth-order valence-electron chi connectivity index (χ4n) is 2.25. The number of hydrogen-bond donors (Lipinski definition) is 1. The zero-order chi connectivity index (χ0) is 14.9. The van der Waals surface area contributed by atoms with Crippen molar-refractivity contribution in [2.45, 2.75) is 33.1 Å². The van der Waals surface area contributed by atoms with E-state index in [1.165, 1.54) is 0 Å². The van der Waals surface area contributed by atoms with E-state index in [1.54, 1.807) is 6.07 Å². The summed E-state index contributed by atoms with van der Waals surface area (Å²) in [6.07, 6.45) is 0. The molecule has 3 nitrogen and oxygen atoms in total. The molecule has 0 fully saturated rings. The fraction of sp³-hybridized carbons (Fsp3) is 0.294. The van der Waals surface area contributed by atoms with E-state index >= 15 is 0 Å². The van der Waals surface area contributed by atoms with Gasteiger partial charge in [0.05, 0.1) is 11.3 Å². The van der Waals surface area contributed by atoms with Gasteiger partial charge in [0.25, 0.3) is 0 Å². The Kier molecular flexibility index (Phi) is 3.62. The van der Waals surface area contributed by atoms with E-state index in [0.29, 0.717) is 5.69 Å². The van der Waals surface area contributed by atoms with Gasteiger partial charge in [-0.15, -0.1) is 0 Å². The van der Waals surface area contributed by atoms with Crippen LogP contribution in [0.5, 0.6) is 0 Å². The molecule has 0 bridgehead atoms. The summed E-state index contributed by atoms with van der Waals surface area (Å²) >= 11 is 0. The Bertz CT molecular complexity index is 640. The van der Waals surface area contributed by atoms with Gasteiger partial charge in [0.2, 0.25) is 0 Å². The number of aromatic nitrogens is 1. The average molecular weight is 269 g/mol. The van der Waals surface area contributed by atoms with Gasteiger partial charge < -0.3 is 5.11 Å². The Morgan fingerprint density at radius 1 is 1.15 bits per heavy atom. The number of aryl methyl sites for hydroxylation is 1. The first-order valence-electron chi connectivity index (χ1n) is 6.61. The summed E-state index contributed by atoms with van der Waals surface area (Å²) in [5.41, 5.74) is 3.32. The highest BCUT2D eigenvalue weighted by Crippen LogP contribution is 2.30. The second-order valence-corrected chi connectivity index (χ2v) is 5.94. The maximum absolute atomic E-state index is 11.5. The lowest BCUT2D eigenvalue weighted by atomic mass is 9.86. The van der Waals surface area contributed by atoms with E-state index in [4.69, 9.17) is 0 Å². The molecule has 3 heteroatoms. The lowest BCUT2D eigenvalue weighted by Crippen LogP contribution is -2.20. The van der Waals surface area contributed by atoms with Crippen LogP contribution >= 0.6 is 0 Å². The van der Waals surface area contributed by atoms with Crippen LogP contribution in [0.4, 0.5) is 0 Å². The first-order chi connectivity index (χ1) is 9.30. The number of carbonyl (C=O) groups is 1. The van der Waals surface area contributed by atoms with Crippen molar-refractivity contribution in [3.63, 3.8) is 0 Å². The molecule has 1 aromatic carbocycles. The second-order valence-electron chi connectivity index (χ2n) is 5.94.